The van der Waals surface area contributed by atoms with E-state index in [0.29, 0.717) is 36.0 Å². The molecule has 1 amide bonds. The fourth-order valence-electron chi connectivity index (χ4n) is 6.42. The molecule has 1 aromatic heterocycles. The third-order valence-electron chi connectivity index (χ3n) is 7.99. The Morgan fingerprint density at radius 2 is 2.00 bits per heavy atom. The summed E-state index contributed by atoms with van der Waals surface area (Å²) in [5, 5.41) is 4.86. The summed E-state index contributed by atoms with van der Waals surface area (Å²) in [5.74, 6) is 0.603. The molecular weight excluding hydrogens is 446 g/mol. The van der Waals surface area contributed by atoms with Crippen molar-refractivity contribution in [1.82, 2.24) is 14.6 Å². The molecule has 6 nitrogen and oxygen atoms in total. The molecule has 0 saturated heterocycles. The van der Waals surface area contributed by atoms with Gasteiger partial charge in [0.15, 0.2) is 0 Å². The molecule has 2 saturated carbocycles. The number of aromatic nitrogens is 1. The Hall–Kier alpha value is -1.57. The number of nitrogens with zero attached hydrogens (tertiary/aromatic N) is 1. The number of nitrogens with one attached hydrogen (secondary N) is 2. The summed E-state index contributed by atoms with van der Waals surface area (Å²) in [4.78, 5) is 13.7. The number of aryl methyl sites for hydroxylation is 1. The predicted octanol–water partition coefficient (Wildman–Crippen LogP) is 4.49. The molecule has 3 atom stereocenters. The molecule has 0 spiro atoms. The van der Waals surface area contributed by atoms with Crippen LogP contribution < -0.4 is 10.0 Å². The first kappa shape index (κ1) is 23.6. The van der Waals surface area contributed by atoms with Crippen LogP contribution in [0.3, 0.4) is 0 Å². The maximum Gasteiger partial charge on any atom is 0.253 e. The highest BCUT2D eigenvalue weighted by Gasteiger charge is 2.59. The van der Waals surface area contributed by atoms with Crippen molar-refractivity contribution in [1.29, 1.82) is 0 Å². The van der Waals surface area contributed by atoms with Gasteiger partial charge in [-0.3, -0.25) is 4.79 Å². The van der Waals surface area contributed by atoms with E-state index < -0.39 is 10.0 Å². The van der Waals surface area contributed by atoms with Gasteiger partial charge in [-0.25, -0.2) is 13.1 Å². The second-order valence-electron chi connectivity index (χ2n) is 10.6. The Morgan fingerprint density at radius 3 is 2.62 bits per heavy atom. The van der Waals surface area contributed by atoms with Gasteiger partial charge in [0, 0.05) is 30.2 Å². The summed E-state index contributed by atoms with van der Waals surface area (Å²) >= 11 is 6.56. The van der Waals surface area contributed by atoms with Gasteiger partial charge in [0.25, 0.3) is 5.91 Å². The Balaban J connectivity index is 1.65. The van der Waals surface area contributed by atoms with Gasteiger partial charge < -0.3 is 9.88 Å². The second kappa shape index (κ2) is 8.03. The number of halogens is 1. The molecular formula is C24H34ClN3O3S. The van der Waals surface area contributed by atoms with Crippen molar-refractivity contribution in [2.75, 3.05) is 12.8 Å². The SMILES string of the molecule is Cc1c(C(=O)N[C@@H]2C(C)(C)C3CC[C@]2(C)C3)c2cccc(Cl)c2n1CCCNS(C)(=O)=O. The Bertz CT molecular complexity index is 1170. The van der Waals surface area contributed by atoms with Gasteiger partial charge in [-0.05, 0) is 55.4 Å². The number of sulfonamides is 1. The average molecular weight is 480 g/mol. The van der Waals surface area contributed by atoms with Gasteiger partial charge in [0.2, 0.25) is 10.0 Å². The van der Waals surface area contributed by atoms with Crippen molar-refractivity contribution in [3.05, 3.63) is 34.5 Å². The summed E-state index contributed by atoms with van der Waals surface area (Å²) in [6.45, 7) is 9.73. The predicted molar refractivity (Wildman–Crippen MR) is 130 cm³/mol. The first-order chi connectivity index (χ1) is 14.8. The van der Waals surface area contributed by atoms with Crippen molar-refractivity contribution in [2.45, 2.75) is 66.0 Å². The monoisotopic (exact) mass is 479 g/mol. The molecule has 176 valence electrons. The number of para-hydroxylation sites is 1. The third kappa shape index (κ3) is 3.97. The summed E-state index contributed by atoms with van der Waals surface area (Å²) in [6.07, 6.45) is 5.32. The number of benzene rings is 1. The maximum atomic E-state index is 13.7. The first-order valence-corrected chi connectivity index (χ1v) is 13.6. The van der Waals surface area contributed by atoms with Gasteiger partial charge >= 0.3 is 0 Å². The molecule has 2 bridgehead atoms. The lowest BCUT2D eigenvalue weighted by Crippen LogP contribution is -2.52. The number of hydrogen-bond donors (Lipinski definition) is 2. The van der Waals surface area contributed by atoms with E-state index in [9.17, 15) is 13.2 Å². The zero-order valence-electron chi connectivity index (χ0n) is 19.6. The first-order valence-electron chi connectivity index (χ1n) is 11.4. The third-order valence-corrected chi connectivity index (χ3v) is 9.02. The number of hydrogen-bond acceptors (Lipinski definition) is 3. The Kier molecular flexibility index (Phi) is 5.92. The van der Waals surface area contributed by atoms with E-state index in [-0.39, 0.29) is 22.8 Å². The zero-order valence-corrected chi connectivity index (χ0v) is 21.2. The van der Waals surface area contributed by atoms with E-state index in [0.717, 1.165) is 29.3 Å². The van der Waals surface area contributed by atoms with Gasteiger partial charge in [0.05, 0.1) is 22.4 Å². The van der Waals surface area contributed by atoms with Crippen LogP contribution in [-0.4, -0.2) is 37.7 Å². The lowest BCUT2D eigenvalue weighted by Gasteiger charge is -2.43. The molecule has 8 heteroatoms. The van der Waals surface area contributed by atoms with Crippen LogP contribution in [0.25, 0.3) is 10.9 Å². The lowest BCUT2D eigenvalue weighted by atomic mass is 9.68. The Labute approximate surface area is 196 Å². The van der Waals surface area contributed by atoms with E-state index in [2.05, 4.69) is 30.8 Å². The molecule has 2 fully saturated rings. The Morgan fingerprint density at radius 1 is 1.28 bits per heavy atom. The minimum atomic E-state index is -3.23. The van der Waals surface area contributed by atoms with Crippen LogP contribution in [0.15, 0.2) is 18.2 Å². The van der Waals surface area contributed by atoms with Crippen LogP contribution in [0.1, 0.15) is 62.5 Å². The molecule has 4 rings (SSSR count). The summed E-state index contributed by atoms with van der Waals surface area (Å²) in [5.41, 5.74) is 2.57. The van der Waals surface area contributed by atoms with E-state index in [1.807, 2.05) is 29.7 Å². The van der Waals surface area contributed by atoms with Crippen molar-refractivity contribution < 1.29 is 13.2 Å². The van der Waals surface area contributed by atoms with Crippen molar-refractivity contribution in [3.8, 4) is 0 Å². The van der Waals surface area contributed by atoms with E-state index >= 15 is 0 Å². The highest BCUT2D eigenvalue weighted by Crippen LogP contribution is 2.62. The number of rotatable bonds is 7. The number of carbonyl (C=O) groups excluding carboxylic acids is 1. The molecule has 2 aliphatic carbocycles. The highest BCUT2D eigenvalue weighted by atomic mass is 35.5. The van der Waals surface area contributed by atoms with E-state index in [1.165, 1.54) is 12.8 Å². The van der Waals surface area contributed by atoms with Crippen LogP contribution in [-0.2, 0) is 16.6 Å². The molecule has 0 aliphatic heterocycles. The summed E-state index contributed by atoms with van der Waals surface area (Å²) in [7, 11) is -3.23. The molecule has 1 aromatic carbocycles. The molecule has 2 aliphatic rings. The number of fused-ring (bicyclic) bond motifs is 3. The largest absolute Gasteiger partial charge is 0.348 e. The molecule has 2 aromatic rings. The minimum absolute atomic E-state index is 0.0466. The second-order valence-corrected chi connectivity index (χ2v) is 12.8. The molecule has 0 radical (unpaired) electrons. The fraction of sp³-hybridized carbons (Fsp3) is 0.625. The normalized spacial score (nSPS) is 26.7. The van der Waals surface area contributed by atoms with Gasteiger partial charge in [-0.2, -0.15) is 0 Å². The molecule has 1 heterocycles. The maximum absolute atomic E-state index is 13.7. The summed E-state index contributed by atoms with van der Waals surface area (Å²) in [6, 6.07) is 5.79. The zero-order chi connectivity index (χ0) is 23.5. The fourth-order valence-corrected chi connectivity index (χ4v) is 7.21. The average Bonchev–Trinajstić information content (AvgIpc) is 3.27. The van der Waals surface area contributed by atoms with Crippen LogP contribution >= 0.6 is 11.6 Å². The molecule has 1 unspecified atom stereocenters. The minimum Gasteiger partial charge on any atom is -0.348 e. The van der Waals surface area contributed by atoms with Crippen LogP contribution in [0.5, 0.6) is 0 Å². The quantitative estimate of drug-likeness (QED) is 0.574. The van der Waals surface area contributed by atoms with Crippen LogP contribution in [0, 0.1) is 23.7 Å². The van der Waals surface area contributed by atoms with Crippen molar-refractivity contribution in [3.63, 3.8) is 0 Å². The van der Waals surface area contributed by atoms with E-state index in [1.54, 1.807) is 0 Å². The summed E-state index contributed by atoms with van der Waals surface area (Å²) < 4.78 is 27.3. The smallest absolute Gasteiger partial charge is 0.253 e. The number of amides is 1. The van der Waals surface area contributed by atoms with Crippen LogP contribution in [0.4, 0.5) is 0 Å². The number of carbonyl (C=O) groups is 1. The van der Waals surface area contributed by atoms with Crippen molar-refractivity contribution in [2.24, 2.45) is 16.7 Å². The molecule has 32 heavy (non-hydrogen) atoms. The van der Waals surface area contributed by atoms with Crippen LogP contribution in [0.2, 0.25) is 5.02 Å². The van der Waals surface area contributed by atoms with Gasteiger partial charge in [0.1, 0.15) is 0 Å². The topological polar surface area (TPSA) is 80.2 Å². The van der Waals surface area contributed by atoms with Gasteiger partial charge in [-0.1, -0.05) is 44.5 Å². The van der Waals surface area contributed by atoms with Crippen molar-refractivity contribution >= 4 is 38.4 Å². The highest BCUT2D eigenvalue weighted by molar-refractivity contribution is 7.88. The molecule has 2 N–H and O–H groups in total. The van der Waals surface area contributed by atoms with E-state index in [4.69, 9.17) is 11.6 Å². The van der Waals surface area contributed by atoms with Gasteiger partial charge in [-0.15, -0.1) is 0 Å². The standard InChI is InChI=1S/C24H34ClN3O3S/c1-15-19(21(29)27-22-23(2,3)16-10-11-24(22,4)14-16)17-8-6-9-18(25)20(17)28(15)13-7-12-26-32(5,30)31/h6,8-9,16,22,26H,7,10-14H2,1-5H3,(H,27,29)/t16?,22-,24-/m1/s1. The lowest BCUT2D eigenvalue weighted by molar-refractivity contribution is 0.0738.